The average molecular weight is 361 g/mol. The van der Waals surface area contributed by atoms with E-state index in [1.165, 1.54) is 12.8 Å². The minimum absolute atomic E-state index is 0.00671. The summed E-state index contributed by atoms with van der Waals surface area (Å²) in [5.74, 6) is 1.70. The fourth-order valence-corrected chi connectivity index (χ4v) is 3.28. The van der Waals surface area contributed by atoms with Crippen molar-refractivity contribution in [2.75, 3.05) is 0 Å². The number of benzene rings is 2. The van der Waals surface area contributed by atoms with E-state index in [1.807, 2.05) is 42.5 Å². The van der Waals surface area contributed by atoms with E-state index in [0.29, 0.717) is 23.3 Å². The number of rotatable bonds is 5. The first-order valence-electron chi connectivity index (χ1n) is 9.33. The highest BCUT2D eigenvalue weighted by atomic mass is 16.4. The summed E-state index contributed by atoms with van der Waals surface area (Å²) in [5, 5.41) is 11.1. The number of amides is 1. The van der Waals surface area contributed by atoms with Crippen molar-refractivity contribution in [1.82, 2.24) is 15.5 Å². The maximum atomic E-state index is 12.4. The molecule has 2 aromatic carbocycles. The molecule has 5 heteroatoms. The van der Waals surface area contributed by atoms with Gasteiger partial charge in [0, 0.05) is 24.1 Å². The van der Waals surface area contributed by atoms with Crippen LogP contribution in [0.4, 0.5) is 0 Å². The zero-order valence-corrected chi connectivity index (χ0v) is 15.8. The van der Waals surface area contributed by atoms with E-state index in [0.717, 1.165) is 22.3 Å². The smallest absolute Gasteiger partial charge is 0.251 e. The number of aryl methyl sites for hydroxylation is 2. The first-order chi connectivity index (χ1) is 13.0. The van der Waals surface area contributed by atoms with Crippen molar-refractivity contribution in [3.63, 3.8) is 0 Å². The van der Waals surface area contributed by atoms with E-state index >= 15 is 0 Å². The Hall–Kier alpha value is -2.95. The van der Waals surface area contributed by atoms with E-state index in [2.05, 4.69) is 29.4 Å². The van der Waals surface area contributed by atoms with Gasteiger partial charge in [-0.25, -0.2) is 0 Å². The quantitative estimate of drug-likeness (QED) is 0.724. The topological polar surface area (TPSA) is 68.0 Å². The van der Waals surface area contributed by atoms with Gasteiger partial charge in [0.15, 0.2) is 0 Å². The largest absolute Gasteiger partial charge is 0.421 e. The van der Waals surface area contributed by atoms with E-state index < -0.39 is 0 Å². The van der Waals surface area contributed by atoms with Crippen LogP contribution in [0.5, 0.6) is 0 Å². The third-order valence-corrected chi connectivity index (χ3v) is 5.16. The molecule has 1 atom stereocenters. The highest BCUT2D eigenvalue weighted by Gasteiger charge is 2.29. The maximum absolute atomic E-state index is 12.4. The molecule has 1 aliphatic carbocycles. The minimum atomic E-state index is -0.00671. The van der Waals surface area contributed by atoms with Gasteiger partial charge in [0.2, 0.25) is 11.8 Å². The van der Waals surface area contributed by atoms with Gasteiger partial charge in [-0.05, 0) is 73.6 Å². The Morgan fingerprint density at radius 3 is 2.41 bits per heavy atom. The zero-order chi connectivity index (χ0) is 19.0. The van der Waals surface area contributed by atoms with Gasteiger partial charge in [0.1, 0.15) is 0 Å². The molecule has 3 aromatic rings. The standard InChI is InChI=1S/C22H23N3O2/c1-13-4-5-19(22-25-24-15(3)27-22)12-20(13)17-8-10-18(11-9-17)21(26)23-14(2)16-6-7-16/h4-5,8-12,14,16H,6-7H2,1-3H3,(H,23,26). The Morgan fingerprint density at radius 2 is 1.78 bits per heavy atom. The lowest BCUT2D eigenvalue weighted by Gasteiger charge is -2.13. The van der Waals surface area contributed by atoms with Crippen LogP contribution in [0.3, 0.4) is 0 Å². The van der Waals surface area contributed by atoms with Crippen molar-refractivity contribution in [3.8, 4) is 22.6 Å². The normalized spacial score (nSPS) is 14.8. The van der Waals surface area contributed by atoms with E-state index in [1.54, 1.807) is 6.92 Å². The Kier molecular flexibility index (Phi) is 4.52. The van der Waals surface area contributed by atoms with Crippen LogP contribution in [0.25, 0.3) is 22.6 Å². The minimum Gasteiger partial charge on any atom is -0.421 e. The number of hydrogen-bond acceptors (Lipinski definition) is 4. The molecule has 1 aromatic heterocycles. The van der Waals surface area contributed by atoms with Gasteiger partial charge < -0.3 is 9.73 Å². The van der Waals surface area contributed by atoms with Crippen LogP contribution in [-0.4, -0.2) is 22.1 Å². The zero-order valence-electron chi connectivity index (χ0n) is 15.8. The fraction of sp³-hybridized carbons (Fsp3) is 0.318. The molecule has 1 heterocycles. The molecule has 0 saturated heterocycles. The third-order valence-electron chi connectivity index (χ3n) is 5.16. The number of hydrogen-bond donors (Lipinski definition) is 1. The van der Waals surface area contributed by atoms with Gasteiger partial charge in [-0.15, -0.1) is 10.2 Å². The molecule has 138 valence electrons. The molecule has 1 unspecified atom stereocenters. The molecule has 1 saturated carbocycles. The van der Waals surface area contributed by atoms with Crippen LogP contribution in [-0.2, 0) is 0 Å². The Labute approximate surface area is 158 Å². The molecule has 1 N–H and O–H groups in total. The van der Waals surface area contributed by atoms with Crippen molar-refractivity contribution in [2.45, 2.75) is 39.7 Å². The monoisotopic (exact) mass is 361 g/mol. The van der Waals surface area contributed by atoms with Crippen LogP contribution in [0.2, 0.25) is 0 Å². The van der Waals surface area contributed by atoms with Crippen molar-refractivity contribution < 1.29 is 9.21 Å². The van der Waals surface area contributed by atoms with Gasteiger partial charge >= 0.3 is 0 Å². The molecule has 0 aliphatic heterocycles. The SMILES string of the molecule is Cc1nnc(-c2ccc(C)c(-c3ccc(C(=O)NC(C)C4CC4)cc3)c2)o1. The molecule has 4 rings (SSSR count). The van der Waals surface area contributed by atoms with Crippen LogP contribution in [0, 0.1) is 19.8 Å². The predicted octanol–water partition coefficient (Wildman–Crippen LogP) is 4.55. The summed E-state index contributed by atoms with van der Waals surface area (Å²) in [4.78, 5) is 12.4. The van der Waals surface area contributed by atoms with Gasteiger partial charge in [-0.3, -0.25) is 4.79 Å². The summed E-state index contributed by atoms with van der Waals surface area (Å²) in [6.45, 7) is 5.92. The molecular weight excluding hydrogens is 338 g/mol. The second-order valence-electron chi connectivity index (χ2n) is 7.33. The number of carbonyl (C=O) groups is 1. The molecule has 1 amide bonds. The van der Waals surface area contributed by atoms with Crippen LogP contribution in [0.1, 0.15) is 41.6 Å². The first kappa shape index (κ1) is 17.5. The fourth-order valence-electron chi connectivity index (χ4n) is 3.28. The van der Waals surface area contributed by atoms with Gasteiger partial charge in [0.05, 0.1) is 0 Å². The van der Waals surface area contributed by atoms with E-state index in [9.17, 15) is 4.79 Å². The lowest BCUT2D eigenvalue weighted by Crippen LogP contribution is -2.33. The highest BCUT2D eigenvalue weighted by Crippen LogP contribution is 2.32. The van der Waals surface area contributed by atoms with Crippen LogP contribution < -0.4 is 5.32 Å². The summed E-state index contributed by atoms with van der Waals surface area (Å²) in [6, 6.07) is 14.1. The van der Waals surface area contributed by atoms with Gasteiger partial charge in [-0.2, -0.15) is 0 Å². The predicted molar refractivity (Wildman–Crippen MR) is 104 cm³/mol. The van der Waals surface area contributed by atoms with Crippen molar-refractivity contribution in [3.05, 3.63) is 59.5 Å². The van der Waals surface area contributed by atoms with Crippen molar-refractivity contribution >= 4 is 5.91 Å². The molecule has 0 bridgehead atoms. The van der Waals surface area contributed by atoms with E-state index in [4.69, 9.17) is 4.42 Å². The van der Waals surface area contributed by atoms with Gasteiger partial charge in [0.25, 0.3) is 5.91 Å². The third kappa shape index (κ3) is 3.77. The summed E-state index contributed by atoms with van der Waals surface area (Å²) in [7, 11) is 0. The number of carbonyl (C=O) groups excluding carboxylic acids is 1. The first-order valence-corrected chi connectivity index (χ1v) is 9.33. The van der Waals surface area contributed by atoms with E-state index in [-0.39, 0.29) is 11.9 Å². The van der Waals surface area contributed by atoms with Crippen LogP contribution >= 0.6 is 0 Å². The summed E-state index contributed by atoms with van der Waals surface area (Å²) < 4.78 is 5.54. The van der Waals surface area contributed by atoms with Crippen LogP contribution in [0.15, 0.2) is 46.9 Å². The Morgan fingerprint density at radius 1 is 1.07 bits per heavy atom. The molecule has 0 spiro atoms. The summed E-state index contributed by atoms with van der Waals surface area (Å²) in [6.07, 6.45) is 2.44. The van der Waals surface area contributed by atoms with Crippen molar-refractivity contribution in [2.24, 2.45) is 5.92 Å². The molecule has 5 nitrogen and oxygen atoms in total. The lowest BCUT2D eigenvalue weighted by atomic mass is 9.97. The molecule has 0 radical (unpaired) electrons. The second kappa shape index (κ2) is 6.99. The lowest BCUT2D eigenvalue weighted by molar-refractivity contribution is 0.0936. The summed E-state index contributed by atoms with van der Waals surface area (Å²) >= 11 is 0. The highest BCUT2D eigenvalue weighted by molar-refractivity contribution is 5.95. The maximum Gasteiger partial charge on any atom is 0.251 e. The number of nitrogens with zero attached hydrogens (tertiary/aromatic N) is 2. The second-order valence-corrected chi connectivity index (χ2v) is 7.33. The Bertz CT molecular complexity index is 971. The van der Waals surface area contributed by atoms with Gasteiger partial charge in [-0.1, -0.05) is 18.2 Å². The average Bonchev–Trinajstić information content (AvgIpc) is 3.44. The molecular formula is C22H23N3O2. The number of aromatic nitrogens is 2. The molecule has 27 heavy (non-hydrogen) atoms. The molecule has 1 aliphatic rings. The summed E-state index contributed by atoms with van der Waals surface area (Å²) in [5.41, 5.74) is 4.86. The Balaban J connectivity index is 1.57. The van der Waals surface area contributed by atoms with Crippen molar-refractivity contribution in [1.29, 1.82) is 0 Å². The molecule has 1 fully saturated rings. The number of nitrogens with one attached hydrogen (secondary N) is 1.